The molecule has 0 spiro atoms. The molecule has 23 heavy (non-hydrogen) atoms. The van der Waals surface area contributed by atoms with Crippen LogP contribution in [0, 0.1) is 10.8 Å². The normalized spacial score (nSPS) is 13.2. The van der Waals surface area contributed by atoms with Crippen LogP contribution in [0.3, 0.4) is 0 Å². The monoisotopic (exact) mass is 316 g/mol. The van der Waals surface area contributed by atoms with E-state index >= 15 is 0 Å². The smallest absolute Gasteiger partial charge is 0.156 e. The van der Waals surface area contributed by atoms with Crippen molar-refractivity contribution in [1.82, 2.24) is 9.55 Å². The minimum Gasteiger partial charge on any atom is -0.331 e. The highest BCUT2D eigenvalue weighted by Crippen LogP contribution is 2.28. The SMILES string of the molecule is C=Cc1nccn1CC(C)(C)CC/C(C)=C/C(=O)CC(C)(C)C. The van der Waals surface area contributed by atoms with Crippen molar-refractivity contribution in [3.05, 3.63) is 36.4 Å². The van der Waals surface area contributed by atoms with Gasteiger partial charge in [-0.3, -0.25) is 4.79 Å². The molecule has 0 bridgehead atoms. The first-order valence-corrected chi connectivity index (χ1v) is 8.36. The zero-order valence-corrected chi connectivity index (χ0v) is 15.6. The number of aromatic nitrogens is 2. The topological polar surface area (TPSA) is 34.9 Å². The Labute approximate surface area is 141 Å². The fraction of sp³-hybridized carbons (Fsp3) is 0.600. The van der Waals surface area contributed by atoms with Crippen molar-refractivity contribution in [2.75, 3.05) is 0 Å². The van der Waals surface area contributed by atoms with Gasteiger partial charge in [-0.1, -0.05) is 46.8 Å². The van der Waals surface area contributed by atoms with Crippen molar-refractivity contribution in [2.24, 2.45) is 10.8 Å². The molecule has 3 nitrogen and oxygen atoms in total. The largest absolute Gasteiger partial charge is 0.331 e. The van der Waals surface area contributed by atoms with E-state index in [0.29, 0.717) is 6.42 Å². The van der Waals surface area contributed by atoms with Gasteiger partial charge in [-0.05, 0) is 42.7 Å². The molecule has 0 fully saturated rings. The predicted molar refractivity (Wildman–Crippen MR) is 98.2 cm³/mol. The zero-order valence-electron chi connectivity index (χ0n) is 15.6. The van der Waals surface area contributed by atoms with Crippen LogP contribution in [0.15, 0.2) is 30.6 Å². The maximum absolute atomic E-state index is 12.0. The average molecular weight is 316 g/mol. The molecule has 0 aliphatic rings. The van der Waals surface area contributed by atoms with Gasteiger partial charge in [-0.25, -0.2) is 4.98 Å². The third kappa shape index (κ3) is 7.45. The van der Waals surface area contributed by atoms with E-state index in [1.165, 1.54) is 5.57 Å². The summed E-state index contributed by atoms with van der Waals surface area (Å²) in [5.41, 5.74) is 1.36. The van der Waals surface area contributed by atoms with Gasteiger partial charge in [-0.2, -0.15) is 0 Å². The van der Waals surface area contributed by atoms with Gasteiger partial charge < -0.3 is 4.57 Å². The maximum atomic E-state index is 12.0. The molecule has 1 aromatic heterocycles. The van der Waals surface area contributed by atoms with Gasteiger partial charge in [0, 0.05) is 25.4 Å². The number of carbonyl (C=O) groups excluding carboxylic acids is 1. The van der Waals surface area contributed by atoms with Crippen LogP contribution >= 0.6 is 0 Å². The highest BCUT2D eigenvalue weighted by molar-refractivity contribution is 5.90. The fourth-order valence-corrected chi connectivity index (χ4v) is 2.64. The quantitative estimate of drug-likeness (QED) is 0.611. The second-order valence-electron chi connectivity index (χ2n) is 8.48. The van der Waals surface area contributed by atoms with Crippen LogP contribution in [-0.2, 0) is 11.3 Å². The molecule has 1 heterocycles. The van der Waals surface area contributed by atoms with Crippen LogP contribution in [0.5, 0.6) is 0 Å². The Kier molecular flexibility index (Phi) is 6.55. The first kappa shape index (κ1) is 19.4. The number of carbonyl (C=O) groups is 1. The highest BCUT2D eigenvalue weighted by atomic mass is 16.1. The third-order valence-corrected chi connectivity index (χ3v) is 3.84. The van der Waals surface area contributed by atoms with Crippen molar-refractivity contribution in [1.29, 1.82) is 0 Å². The van der Waals surface area contributed by atoms with E-state index in [1.54, 1.807) is 6.08 Å². The number of hydrogen-bond acceptors (Lipinski definition) is 2. The van der Waals surface area contributed by atoms with Crippen LogP contribution in [0.1, 0.15) is 66.6 Å². The summed E-state index contributed by atoms with van der Waals surface area (Å²) in [7, 11) is 0. The predicted octanol–water partition coefficient (Wildman–Crippen LogP) is 5.28. The van der Waals surface area contributed by atoms with E-state index in [4.69, 9.17) is 0 Å². The molecular formula is C20H32N2O. The second-order valence-corrected chi connectivity index (χ2v) is 8.48. The van der Waals surface area contributed by atoms with Gasteiger partial charge in [0.2, 0.25) is 0 Å². The minimum absolute atomic E-state index is 0.0512. The zero-order chi connectivity index (χ0) is 17.7. The van der Waals surface area contributed by atoms with E-state index in [-0.39, 0.29) is 16.6 Å². The van der Waals surface area contributed by atoms with E-state index < -0.39 is 0 Å². The Bertz CT molecular complexity index is 571. The average Bonchev–Trinajstić information content (AvgIpc) is 2.80. The molecule has 3 heteroatoms. The highest BCUT2D eigenvalue weighted by Gasteiger charge is 2.20. The van der Waals surface area contributed by atoms with Crippen molar-refractivity contribution in [3.63, 3.8) is 0 Å². The molecule has 0 saturated carbocycles. The third-order valence-electron chi connectivity index (χ3n) is 3.84. The van der Waals surface area contributed by atoms with Gasteiger partial charge >= 0.3 is 0 Å². The number of hydrogen-bond donors (Lipinski definition) is 0. The summed E-state index contributed by atoms with van der Waals surface area (Å²) in [6, 6.07) is 0. The summed E-state index contributed by atoms with van der Waals surface area (Å²) in [4.78, 5) is 16.3. The summed E-state index contributed by atoms with van der Waals surface area (Å²) < 4.78 is 2.14. The lowest BCUT2D eigenvalue weighted by Crippen LogP contribution is -2.20. The molecule has 1 rings (SSSR count). The maximum Gasteiger partial charge on any atom is 0.156 e. The lowest BCUT2D eigenvalue weighted by molar-refractivity contribution is -0.116. The number of imidazole rings is 1. The van der Waals surface area contributed by atoms with Crippen LogP contribution in [-0.4, -0.2) is 15.3 Å². The summed E-state index contributed by atoms with van der Waals surface area (Å²) in [6.07, 6.45) is 10.00. The first-order valence-electron chi connectivity index (χ1n) is 8.36. The van der Waals surface area contributed by atoms with Crippen LogP contribution in [0.2, 0.25) is 0 Å². The summed E-state index contributed by atoms with van der Waals surface area (Å²) in [5, 5.41) is 0. The Morgan fingerprint density at radius 1 is 1.30 bits per heavy atom. The first-order chi connectivity index (χ1) is 10.5. The summed E-state index contributed by atoms with van der Waals surface area (Å²) >= 11 is 0. The van der Waals surface area contributed by atoms with E-state index in [0.717, 1.165) is 25.2 Å². The number of rotatable bonds is 8. The molecule has 0 amide bonds. The molecule has 0 N–H and O–H groups in total. The van der Waals surface area contributed by atoms with Gasteiger partial charge in [0.05, 0.1) is 0 Å². The number of ketones is 1. The van der Waals surface area contributed by atoms with Gasteiger partial charge in [0.1, 0.15) is 5.82 Å². The summed E-state index contributed by atoms with van der Waals surface area (Å²) in [5.74, 6) is 1.14. The van der Waals surface area contributed by atoms with Crippen LogP contribution in [0.4, 0.5) is 0 Å². The Balaban J connectivity index is 2.58. The molecule has 0 unspecified atom stereocenters. The van der Waals surface area contributed by atoms with E-state index in [1.807, 2.05) is 18.5 Å². The van der Waals surface area contributed by atoms with Crippen molar-refractivity contribution < 1.29 is 4.79 Å². The van der Waals surface area contributed by atoms with Gasteiger partial charge in [0.25, 0.3) is 0 Å². The lowest BCUT2D eigenvalue weighted by atomic mass is 9.85. The lowest BCUT2D eigenvalue weighted by Gasteiger charge is -2.26. The Morgan fingerprint density at radius 2 is 1.96 bits per heavy atom. The molecule has 1 aromatic rings. The summed E-state index contributed by atoms with van der Waals surface area (Å²) in [6.45, 7) is 17.6. The molecule has 0 saturated heterocycles. The van der Waals surface area contributed by atoms with E-state index in [2.05, 4.69) is 57.7 Å². The number of allylic oxidation sites excluding steroid dienone is 2. The van der Waals surface area contributed by atoms with Crippen LogP contribution in [0.25, 0.3) is 6.08 Å². The molecule has 0 atom stereocenters. The van der Waals surface area contributed by atoms with E-state index in [9.17, 15) is 4.79 Å². The Morgan fingerprint density at radius 3 is 2.52 bits per heavy atom. The molecule has 128 valence electrons. The second kappa shape index (κ2) is 7.76. The van der Waals surface area contributed by atoms with Gasteiger partial charge in [0.15, 0.2) is 5.78 Å². The molecule has 0 aromatic carbocycles. The standard InChI is InChI=1S/C20H32N2O/c1-8-18-21-11-12-22(18)15-20(6,7)10-9-16(2)13-17(23)14-19(3,4)5/h8,11-13H,1,9-10,14-15H2,2-7H3/b16-13+. The van der Waals surface area contributed by atoms with Crippen molar-refractivity contribution in [3.8, 4) is 0 Å². The van der Waals surface area contributed by atoms with Crippen molar-refractivity contribution in [2.45, 2.75) is 67.3 Å². The molecular weight excluding hydrogens is 284 g/mol. The van der Waals surface area contributed by atoms with Crippen molar-refractivity contribution >= 4 is 11.9 Å². The number of nitrogens with zero attached hydrogens (tertiary/aromatic N) is 2. The molecule has 0 aliphatic carbocycles. The molecule has 0 radical (unpaired) electrons. The fourth-order valence-electron chi connectivity index (χ4n) is 2.64. The molecule has 0 aliphatic heterocycles. The van der Waals surface area contributed by atoms with Gasteiger partial charge in [-0.15, -0.1) is 0 Å². The minimum atomic E-state index is 0.0512. The Hall–Kier alpha value is -1.64. The van der Waals surface area contributed by atoms with Crippen LogP contribution < -0.4 is 0 Å².